The number of ether oxygens (including phenoxy) is 1. The summed E-state index contributed by atoms with van der Waals surface area (Å²) in [6.45, 7) is 1.56. The van der Waals surface area contributed by atoms with Crippen LogP contribution in [0.1, 0.15) is 35.1 Å². The smallest absolute Gasteiger partial charge is 0.407 e. The monoisotopic (exact) mass is 604 g/mol. The molecule has 0 saturated carbocycles. The van der Waals surface area contributed by atoms with E-state index in [1.165, 1.54) is 6.92 Å². The molecule has 0 saturated heterocycles. The number of nitrogens with one attached hydrogen (secondary N) is 3. The Bertz CT molecular complexity index is 1620. The Morgan fingerprint density at radius 2 is 1.09 bits per heavy atom. The SMILES string of the molecule is CC(NC(=O)C(Cc1ccccc1)NC(=O)C(Cc1ccccc1)NC(=O)OCC1c2ccccc2-c2ccccc21)C(N)=O. The lowest BCUT2D eigenvalue weighted by Gasteiger charge is -2.24. The lowest BCUT2D eigenvalue weighted by atomic mass is 9.98. The van der Waals surface area contributed by atoms with Crippen LogP contribution in [-0.2, 0) is 32.0 Å². The number of rotatable bonds is 12. The zero-order valence-electron chi connectivity index (χ0n) is 24.9. The van der Waals surface area contributed by atoms with Crippen LogP contribution >= 0.6 is 0 Å². The van der Waals surface area contributed by atoms with Crippen molar-refractivity contribution in [1.82, 2.24) is 16.0 Å². The second kappa shape index (κ2) is 14.4. The van der Waals surface area contributed by atoms with Gasteiger partial charge in [-0.2, -0.15) is 0 Å². The van der Waals surface area contributed by atoms with Crippen molar-refractivity contribution < 1.29 is 23.9 Å². The number of benzene rings is 4. The van der Waals surface area contributed by atoms with E-state index >= 15 is 0 Å². The van der Waals surface area contributed by atoms with Crippen LogP contribution in [0.2, 0.25) is 0 Å². The molecule has 3 atom stereocenters. The maximum atomic E-state index is 13.7. The van der Waals surface area contributed by atoms with Gasteiger partial charge in [-0.3, -0.25) is 14.4 Å². The molecular formula is C36H36N4O5. The van der Waals surface area contributed by atoms with Crippen LogP contribution in [-0.4, -0.2) is 48.5 Å². The quantitative estimate of drug-likeness (QED) is 0.195. The van der Waals surface area contributed by atoms with Gasteiger partial charge >= 0.3 is 6.09 Å². The van der Waals surface area contributed by atoms with Gasteiger partial charge in [-0.1, -0.05) is 109 Å². The molecule has 3 unspecified atom stereocenters. The van der Waals surface area contributed by atoms with Crippen LogP contribution in [0.4, 0.5) is 4.79 Å². The Morgan fingerprint density at radius 1 is 0.644 bits per heavy atom. The fourth-order valence-electron chi connectivity index (χ4n) is 5.56. The predicted octanol–water partition coefficient (Wildman–Crippen LogP) is 3.85. The average Bonchev–Trinajstić information content (AvgIpc) is 3.37. The molecule has 9 heteroatoms. The highest BCUT2D eigenvalue weighted by Gasteiger charge is 2.31. The molecule has 1 aliphatic carbocycles. The van der Waals surface area contributed by atoms with E-state index in [0.29, 0.717) is 0 Å². The maximum Gasteiger partial charge on any atom is 0.407 e. The van der Waals surface area contributed by atoms with Crippen LogP contribution in [0.25, 0.3) is 11.1 Å². The summed E-state index contributed by atoms with van der Waals surface area (Å²) in [7, 11) is 0. The Kier molecular flexibility index (Phi) is 9.89. The maximum absolute atomic E-state index is 13.7. The fraction of sp³-hybridized carbons (Fsp3) is 0.222. The fourth-order valence-corrected chi connectivity index (χ4v) is 5.56. The number of carbonyl (C=O) groups excluding carboxylic acids is 4. The van der Waals surface area contributed by atoms with Crippen molar-refractivity contribution in [2.75, 3.05) is 6.61 Å². The first-order chi connectivity index (χ1) is 21.8. The van der Waals surface area contributed by atoms with Gasteiger partial charge in [0.2, 0.25) is 17.7 Å². The van der Waals surface area contributed by atoms with Crippen molar-refractivity contribution in [3.8, 4) is 11.1 Å². The molecule has 5 rings (SSSR count). The number of hydrogen-bond acceptors (Lipinski definition) is 5. The summed E-state index contributed by atoms with van der Waals surface area (Å²) < 4.78 is 5.72. The third kappa shape index (κ3) is 7.75. The summed E-state index contributed by atoms with van der Waals surface area (Å²) in [5.41, 5.74) is 11.3. The van der Waals surface area contributed by atoms with E-state index < -0.39 is 41.9 Å². The largest absolute Gasteiger partial charge is 0.449 e. The lowest BCUT2D eigenvalue weighted by molar-refractivity contribution is -0.131. The van der Waals surface area contributed by atoms with Gasteiger partial charge in [-0.05, 0) is 40.3 Å². The molecule has 0 spiro atoms. The summed E-state index contributed by atoms with van der Waals surface area (Å²) in [5.74, 6) is -1.99. The standard InChI is InChI=1S/C36H36N4O5/c1-23(33(37)41)38-34(42)31(20-24-12-4-2-5-13-24)39-35(43)32(21-25-14-6-3-7-15-25)40-36(44)45-22-30-28-18-10-8-16-26(28)27-17-9-11-19-29(27)30/h2-19,23,30-32H,20-22H2,1H3,(H2,37,41)(H,38,42)(H,39,43)(H,40,44). The number of hydrogen-bond donors (Lipinski definition) is 4. The van der Waals surface area contributed by atoms with Gasteiger partial charge in [0.25, 0.3) is 0 Å². The zero-order valence-corrected chi connectivity index (χ0v) is 24.9. The number of primary amides is 1. The normalized spacial score (nSPS) is 13.8. The molecule has 5 N–H and O–H groups in total. The Hall–Kier alpha value is -5.44. The van der Waals surface area contributed by atoms with Gasteiger partial charge < -0.3 is 26.4 Å². The molecule has 1 aliphatic rings. The molecule has 0 heterocycles. The van der Waals surface area contributed by atoms with E-state index in [1.54, 1.807) is 0 Å². The van der Waals surface area contributed by atoms with Crippen molar-refractivity contribution >= 4 is 23.8 Å². The summed E-state index contributed by atoms with van der Waals surface area (Å²) in [6, 6.07) is 31.5. The Labute approximate surface area is 262 Å². The van der Waals surface area contributed by atoms with Crippen molar-refractivity contribution in [3.05, 3.63) is 131 Å². The molecule has 45 heavy (non-hydrogen) atoms. The van der Waals surface area contributed by atoms with Crippen molar-refractivity contribution in [2.45, 2.75) is 43.8 Å². The second-order valence-corrected chi connectivity index (χ2v) is 11.1. The van der Waals surface area contributed by atoms with E-state index in [-0.39, 0.29) is 25.4 Å². The molecule has 4 amide bonds. The molecule has 0 aliphatic heterocycles. The van der Waals surface area contributed by atoms with Gasteiger partial charge in [0.1, 0.15) is 24.7 Å². The van der Waals surface area contributed by atoms with Crippen molar-refractivity contribution in [2.24, 2.45) is 5.73 Å². The minimum Gasteiger partial charge on any atom is -0.449 e. The molecule has 230 valence electrons. The van der Waals surface area contributed by atoms with Crippen molar-refractivity contribution in [3.63, 3.8) is 0 Å². The molecule has 4 aromatic carbocycles. The molecule has 0 bridgehead atoms. The van der Waals surface area contributed by atoms with Gasteiger partial charge in [-0.15, -0.1) is 0 Å². The summed E-state index contributed by atoms with van der Waals surface area (Å²) >= 11 is 0. The zero-order chi connectivity index (χ0) is 31.8. The highest BCUT2D eigenvalue weighted by Crippen LogP contribution is 2.44. The lowest BCUT2D eigenvalue weighted by Crippen LogP contribution is -2.57. The first kappa shape index (κ1) is 31.0. The van der Waals surface area contributed by atoms with Gasteiger partial charge in [0.15, 0.2) is 0 Å². The van der Waals surface area contributed by atoms with Crippen molar-refractivity contribution in [1.29, 1.82) is 0 Å². The Balaban J connectivity index is 1.31. The van der Waals surface area contributed by atoms with E-state index in [1.807, 2.05) is 97.1 Å². The number of alkyl carbamates (subject to hydrolysis) is 1. The number of nitrogens with two attached hydrogens (primary N) is 1. The third-order valence-corrected chi connectivity index (χ3v) is 7.94. The molecule has 0 aromatic heterocycles. The van der Waals surface area contributed by atoms with E-state index in [4.69, 9.17) is 10.5 Å². The summed E-state index contributed by atoms with van der Waals surface area (Å²) in [4.78, 5) is 51.8. The Morgan fingerprint density at radius 3 is 1.60 bits per heavy atom. The van der Waals surface area contributed by atoms with Crippen LogP contribution in [0.5, 0.6) is 0 Å². The molecule has 0 radical (unpaired) electrons. The number of fused-ring (bicyclic) bond motifs is 3. The topological polar surface area (TPSA) is 140 Å². The highest BCUT2D eigenvalue weighted by atomic mass is 16.5. The van der Waals surface area contributed by atoms with Crippen LogP contribution in [0.15, 0.2) is 109 Å². The summed E-state index contributed by atoms with van der Waals surface area (Å²) in [5, 5.41) is 8.07. The van der Waals surface area contributed by atoms with E-state index in [0.717, 1.165) is 33.4 Å². The van der Waals surface area contributed by atoms with Gasteiger partial charge in [0.05, 0.1) is 0 Å². The van der Waals surface area contributed by atoms with E-state index in [9.17, 15) is 19.2 Å². The van der Waals surface area contributed by atoms with Crippen LogP contribution in [0.3, 0.4) is 0 Å². The third-order valence-electron chi connectivity index (χ3n) is 7.94. The average molecular weight is 605 g/mol. The highest BCUT2D eigenvalue weighted by molar-refractivity contribution is 5.93. The van der Waals surface area contributed by atoms with Gasteiger partial charge in [0, 0.05) is 18.8 Å². The minimum absolute atomic E-state index is 0.0869. The minimum atomic E-state index is -1.05. The van der Waals surface area contributed by atoms with Gasteiger partial charge in [-0.25, -0.2) is 4.79 Å². The molecule has 4 aromatic rings. The first-order valence-electron chi connectivity index (χ1n) is 14.9. The second-order valence-electron chi connectivity index (χ2n) is 11.1. The molecule has 0 fully saturated rings. The number of amides is 4. The van der Waals surface area contributed by atoms with E-state index in [2.05, 4.69) is 28.1 Å². The number of carbonyl (C=O) groups is 4. The molecular weight excluding hydrogens is 568 g/mol. The first-order valence-corrected chi connectivity index (χ1v) is 14.9. The molecule has 9 nitrogen and oxygen atoms in total. The predicted molar refractivity (Wildman–Crippen MR) is 171 cm³/mol. The van der Waals surface area contributed by atoms with Crippen LogP contribution < -0.4 is 21.7 Å². The summed E-state index contributed by atoms with van der Waals surface area (Å²) in [6.07, 6.45) is -0.430. The van der Waals surface area contributed by atoms with Crippen LogP contribution in [0, 0.1) is 0 Å².